The van der Waals surface area contributed by atoms with Crippen molar-refractivity contribution in [2.75, 3.05) is 18.4 Å². The number of nitrogens with zero attached hydrogens (tertiary/aromatic N) is 5. The maximum atomic E-state index is 14.7. The van der Waals surface area contributed by atoms with E-state index in [1.807, 2.05) is 12.1 Å². The van der Waals surface area contributed by atoms with Crippen molar-refractivity contribution in [1.82, 2.24) is 24.8 Å². The van der Waals surface area contributed by atoms with Crippen molar-refractivity contribution in [1.29, 1.82) is 0 Å². The second-order valence-electron chi connectivity index (χ2n) is 10.5. The van der Waals surface area contributed by atoms with Gasteiger partial charge in [0.25, 0.3) is 0 Å². The Balaban J connectivity index is 1.20. The molecule has 10 nitrogen and oxygen atoms in total. The molecule has 4 aromatic rings. The SMILES string of the molecule is CC(=O)c1cn(CC(=O)N2C[C@H](F)C[C@H]2C(=O)NC2=CCN=C2c2ccc(Cl)cc2Cl)c2ccc(Nc3cncnc3)cc12. The first-order chi connectivity index (χ1) is 21.2. The number of likely N-dealkylation sites (tertiary alicyclic amines) is 1. The van der Waals surface area contributed by atoms with Gasteiger partial charge in [0.15, 0.2) is 5.78 Å². The summed E-state index contributed by atoms with van der Waals surface area (Å²) < 4.78 is 16.4. The molecule has 0 bridgehead atoms. The Bertz CT molecular complexity index is 1860. The van der Waals surface area contributed by atoms with Gasteiger partial charge in [0.2, 0.25) is 11.8 Å². The van der Waals surface area contributed by atoms with Gasteiger partial charge in [-0.1, -0.05) is 23.2 Å². The Labute approximate surface area is 261 Å². The Hall–Kier alpha value is -4.61. The number of fused-ring (bicyclic) bond motifs is 1. The highest BCUT2D eigenvalue weighted by atomic mass is 35.5. The van der Waals surface area contributed by atoms with E-state index in [2.05, 4.69) is 25.6 Å². The Kier molecular flexibility index (Phi) is 8.15. The van der Waals surface area contributed by atoms with Crippen LogP contribution in [0.4, 0.5) is 15.8 Å². The highest BCUT2D eigenvalue weighted by Gasteiger charge is 2.40. The minimum absolute atomic E-state index is 0.137. The van der Waals surface area contributed by atoms with Gasteiger partial charge in [0.05, 0.1) is 47.6 Å². The summed E-state index contributed by atoms with van der Waals surface area (Å²) in [5.74, 6) is -1.14. The van der Waals surface area contributed by atoms with E-state index in [0.29, 0.717) is 61.4 Å². The molecule has 0 unspecified atom stereocenters. The average Bonchev–Trinajstić information content (AvgIpc) is 3.71. The van der Waals surface area contributed by atoms with Crippen LogP contribution < -0.4 is 10.6 Å². The van der Waals surface area contributed by atoms with Crippen LogP contribution in [0.25, 0.3) is 10.9 Å². The van der Waals surface area contributed by atoms with Crippen LogP contribution in [0.1, 0.15) is 29.3 Å². The smallest absolute Gasteiger partial charge is 0.247 e. The molecule has 0 spiro atoms. The van der Waals surface area contributed by atoms with Crippen molar-refractivity contribution in [3.8, 4) is 0 Å². The first-order valence-corrected chi connectivity index (χ1v) is 14.5. The molecule has 2 aliphatic rings. The number of aromatic nitrogens is 3. The van der Waals surface area contributed by atoms with Crippen molar-refractivity contribution in [3.05, 3.63) is 94.3 Å². The van der Waals surface area contributed by atoms with Crippen molar-refractivity contribution < 1.29 is 18.8 Å². The minimum Gasteiger partial charge on any atom is -0.353 e. The summed E-state index contributed by atoms with van der Waals surface area (Å²) in [7, 11) is 0. The number of rotatable bonds is 8. The molecule has 224 valence electrons. The summed E-state index contributed by atoms with van der Waals surface area (Å²) in [5, 5.41) is 7.51. The van der Waals surface area contributed by atoms with Crippen LogP contribution in [0, 0.1) is 0 Å². The molecule has 0 saturated carbocycles. The fourth-order valence-corrected chi connectivity index (χ4v) is 6.01. The van der Waals surface area contributed by atoms with Crippen LogP contribution in [0.15, 0.2) is 78.1 Å². The van der Waals surface area contributed by atoms with Gasteiger partial charge < -0.3 is 20.1 Å². The topological polar surface area (TPSA) is 122 Å². The fraction of sp³-hybridized carbons (Fsp3) is 0.226. The molecule has 1 fully saturated rings. The number of Topliss-reactive ketones (excluding diaryl/α,β-unsaturated/α-hetero) is 1. The van der Waals surface area contributed by atoms with Crippen LogP contribution >= 0.6 is 23.2 Å². The molecule has 0 aliphatic carbocycles. The molecule has 2 N–H and O–H groups in total. The third-order valence-corrected chi connectivity index (χ3v) is 8.08. The fourth-order valence-electron chi connectivity index (χ4n) is 5.51. The number of carbonyl (C=O) groups is 3. The lowest BCUT2D eigenvalue weighted by molar-refractivity contribution is -0.138. The van der Waals surface area contributed by atoms with Crippen LogP contribution in [0.2, 0.25) is 10.0 Å². The van der Waals surface area contributed by atoms with E-state index < -0.39 is 24.0 Å². The molecule has 2 atom stereocenters. The summed E-state index contributed by atoms with van der Waals surface area (Å²) in [5.41, 5.74) is 3.97. The third-order valence-electron chi connectivity index (χ3n) is 7.53. The van der Waals surface area contributed by atoms with Gasteiger partial charge in [-0.3, -0.25) is 19.4 Å². The molecule has 2 aliphatic heterocycles. The van der Waals surface area contributed by atoms with Gasteiger partial charge in [-0.15, -0.1) is 0 Å². The highest BCUT2D eigenvalue weighted by Crippen LogP contribution is 2.29. The van der Waals surface area contributed by atoms with Crippen molar-refractivity contribution in [3.63, 3.8) is 0 Å². The summed E-state index contributed by atoms with van der Waals surface area (Å²) in [6.07, 6.45) is 6.51. The van der Waals surface area contributed by atoms with E-state index in [4.69, 9.17) is 23.2 Å². The number of nitrogens with one attached hydrogen (secondary N) is 2. The molecule has 6 rings (SSSR count). The van der Waals surface area contributed by atoms with Crippen LogP contribution in [-0.4, -0.2) is 68.0 Å². The van der Waals surface area contributed by atoms with Crippen LogP contribution in [0.5, 0.6) is 0 Å². The first kappa shape index (κ1) is 29.5. The predicted molar refractivity (Wildman–Crippen MR) is 166 cm³/mol. The quantitative estimate of drug-likeness (QED) is 0.260. The van der Waals surface area contributed by atoms with Gasteiger partial charge in [-0.2, -0.15) is 0 Å². The second kappa shape index (κ2) is 12.2. The zero-order valence-electron chi connectivity index (χ0n) is 23.4. The lowest BCUT2D eigenvalue weighted by Gasteiger charge is -2.24. The number of carbonyl (C=O) groups excluding carboxylic acids is 3. The molecule has 4 heterocycles. The number of ketones is 1. The molecular formula is C31H26Cl2FN7O3. The number of amides is 2. The largest absolute Gasteiger partial charge is 0.353 e. The molecule has 2 aromatic heterocycles. The van der Waals surface area contributed by atoms with Crippen molar-refractivity contribution >= 4 is 68.8 Å². The standard InChI is InChI=1S/C31H26Cl2FN7O3/c1-17(42)24-14-40(27-5-3-20(10-23(24)27)38-21-11-35-16-36-12-21)15-29(43)41-13-19(34)9-28(41)31(44)39-26-6-7-37-30(26)22-4-2-18(32)8-25(22)33/h2-6,8,10-12,14,16,19,28,38H,7,9,13,15H2,1H3,(H,39,44)/t19-,28+/m1/s1. The number of hydrogen-bond donors (Lipinski definition) is 2. The molecule has 2 aromatic carbocycles. The van der Waals surface area contributed by atoms with Crippen LogP contribution in [-0.2, 0) is 16.1 Å². The maximum absolute atomic E-state index is 14.7. The van der Waals surface area contributed by atoms with E-state index in [9.17, 15) is 18.8 Å². The Morgan fingerprint density at radius 2 is 1.86 bits per heavy atom. The summed E-state index contributed by atoms with van der Waals surface area (Å²) >= 11 is 12.4. The number of alkyl halides is 1. The lowest BCUT2D eigenvalue weighted by Crippen LogP contribution is -2.47. The van der Waals surface area contributed by atoms with Crippen molar-refractivity contribution in [2.45, 2.75) is 32.1 Å². The Morgan fingerprint density at radius 3 is 2.61 bits per heavy atom. The van der Waals surface area contributed by atoms with Gasteiger partial charge in [-0.05, 0) is 49.4 Å². The van der Waals surface area contributed by atoms with E-state index in [1.165, 1.54) is 18.2 Å². The predicted octanol–water partition coefficient (Wildman–Crippen LogP) is 5.13. The molecule has 44 heavy (non-hydrogen) atoms. The van der Waals surface area contributed by atoms with E-state index in [0.717, 1.165) is 0 Å². The van der Waals surface area contributed by atoms with E-state index in [-0.39, 0.29) is 25.3 Å². The molecule has 0 radical (unpaired) electrons. The maximum Gasteiger partial charge on any atom is 0.247 e. The first-order valence-electron chi connectivity index (χ1n) is 13.8. The van der Waals surface area contributed by atoms with Crippen molar-refractivity contribution in [2.24, 2.45) is 4.99 Å². The molecule has 1 saturated heterocycles. The number of anilines is 2. The lowest BCUT2D eigenvalue weighted by atomic mass is 10.1. The molecular weight excluding hydrogens is 608 g/mol. The Morgan fingerprint density at radius 1 is 1.07 bits per heavy atom. The number of allylic oxidation sites excluding steroid dienone is 1. The monoisotopic (exact) mass is 633 g/mol. The highest BCUT2D eigenvalue weighted by molar-refractivity contribution is 6.38. The minimum atomic E-state index is -1.36. The second-order valence-corrected chi connectivity index (χ2v) is 11.4. The van der Waals surface area contributed by atoms with E-state index in [1.54, 1.807) is 53.5 Å². The normalized spacial score (nSPS) is 17.9. The number of halogens is 3. The number of hydrogen-bond acceptors (Lipinski definition) is 7. The summed E-state index contributed by atoms with van der Waals surface area (Å²) in [4.78, 5) is 53.2. The number of aliphatic imine (C=N–C) groups is 1. The molecule has 13 heteroatoms. The van der Waals surface area contributed by atoms with E-state index >= 15 is 0 Å². The summed E-state index contributed by atoms with van der Waals surface area (Å²) in [6.45, 7) is 1.38. The van der Waals surface area contributed by atoms with Crippen LogP contribution in [0.3, 0.4) is 0 Å². The van der Waals surface area contributed by atoms with Gasteiger partial charge in [-0.25, -0.2) is 14.4 Å². The summed E-state index contributed by atoms with van der Waals surface area (Å²) in [6, 6.07) is 9.36. The van der Waals surface area contributed by atoms with Gasteiger partial charge in [0, 0.05) is 45.4 Å². The van der Waals surface area contributed by atoms with Gasteiger partial charge in [0.1, 0.15) is 25.1 Å². The number of benzene rings is 2. The third kappa shape index (κ3) is 5.93. The average molecular weight is 634 g/mol. The van der Waals surface area contributed by atoms with Gasteiger partial charge >= 0.3 is 0 Å². The zero-order valence-corrected chi connectivity index (χ0v) is 24.9. The molecule has 2 amide bonds. The zero-order chi connectivity index (χ0) is 31.0.